The van der Waals surface area contributed by atoms with Gasteiger partial charge >= 0.3 is 0 Å². The van der Waals surface area contributed by atoms with Gasteiger partial charge in [0.05, 0.1) is 17.4 Å². The maximum absolute atomic E-state index is 11.4. The number of para-hydroxylation sites is 1. The van der Waals surface area contributed by atoms with Crippen LogP contribution in [0.2, 0.25) is 0 Å². The Hall–Kier alpha value is -2.62. The molecule has 0 spiro atoms. The molecule has 0 saturated carbocycles. The topological polar surface area (TPSA) is 57.8 Å². The number of rotatable bonds is 3. The number of benzene rings is 1. The zero-order chi connectivity index (χ0) is 13.9. The smallest absolute Gasteiger partial charge is 0.244 e. The van der Waals surface area contributed by atoms with Gasteiger partial charge in [-0.2, -0.15) is 0 Å². The number of H-pyrrole nitrogens is 1. The second-order valence-electron chi connectivity index (χ2n) is 4.55. The van der Waals surface area contributed by atoms with Crippen LogP contribution in [0.3, 0.4) is 0 Å². The van der Waals surface area contributed by atoms with E-state index in [2.05, 4.69) is 21.4 Å². The van der Waals surface area contributed by atoms with Crippen molar-refractivity contribution < 1.29 is 4.79 Å². The van der Waals surface area contributed by atoms with Gasteiger partial charge in [0.15, 0.2) is 0 Å². The molecule has 0 atom stereocenters. The van der Waals surface area contributed by atoms with E-state index in [9.17, 15) is 4.79 Å². The second-order valence-corrected chi connectivity index (χ2v) is 4.55. The molecule has 0 unspecified atom stereocenters. The van der Waals surface area contributed by atoms with Crippen LogP contribution >= 0.6 is 0 Å². The molecule has 4 heteroatoms. The van der Waals surface area contributed by atoms with Crippen LogP contribution in [0.15, 0.2) is 42.6 Å². The standard InChI is InChI=1S/C16H15N3O/c1-2-17-16(20)8-7-11-9-13-12-5-3-4-6-14(12)19-15(13)10-18-11/h3-10,19H,2H2,1H3,(H,17,20)/b8-7+. The van der Waals surface area contributed by atoms with Gasteiger partial charge in [0.1, 0.15) is 0 Å². The molecule has 0 radical (unpaired) electrons. The van der Waals surface area contributed by atoms with Gasteiger partial charge in [0, 0.05) is 28.9 Å². The first-order valence-corrected chi connectivity index (χ1v) is 6.60. The molecule has 0 bridgehead atoms. The fourth-order valence-electron chi connectivity index (χ4n) is 2.25. The van der Waals surface area contributed by atoms with Crippen molar-refractivity contribution >= 4 is 33.8 Å². The molecule has 0 saturated heterocycles. The van der Waals surface area contributed by atoms with Crippen LogP contribution < -0.4 is 5.32 Å². The van der Waals surface area contributed by atoms with Crippen molar-refractivity contribution in [1.29, 1.82) is 0 Å². The minimum atomic E-state index is -0.103. The lowest BCUT2D eigenvalue weighted by Gasteiger charge is -1.96. The summed E-state index contributed by atoms with van der Waals surface area (Å²) < 4.78 is 0. The highest BCUT2D eigenvalue weighted by atomic mass is 16.1. The molecule has 2 aromatic heterocycles. The minimum Gasteiger partial charge on any atom is -0.353 e. The molecule has 2 N–H and O–H groups in total. The van der Waals surface area contributed by atoms with Crippen molar-refractivity contribution in [2.45, 2.75) is 6.92 Å². The average molecular weight is 265 g/mol. The summed E-state index contributed by atoms with van der Waals surface area (Å²) >= 11 is 0. The molecule has 0 aliphatic rings. The van der Waals surface area contributed by atoms with Gasteiger partial charge in [-0.3, -0.25) is 9.78 Å². The summed E-state index contributed by atoms with van der Waals surface area (Å²) in [6, 6.07) is 10.1. The Morgan fingerprint density at radius 1 is 1.30 bits per heavy atom. The molecule has 2 heterocycles. The summed E-state index contributed by atoms with van der Waals surface area (Å²) in [7, 11) is 0. The van der Waals surface area contributed by atoms with Gasteiger partial charge in [-0.25, -0.2) is 0 Å². The van der Waals surface area contributed by atoms with Gasteiger partial charge in [-0.1, -0.05) is 18.2 Å². The predicted octanol–water partition coefficient (Wildman–Crippen LogP) is 2.87. The number of fused-ring (bicyclic) bond motifs is 3. The van der Waals surface area contributed by atoms with Crippen LogP contribution in [0.1, 0.15) is 12.6 Å². The van der Waals surface area contributed by atoms with Crippen molar-refractivity contribution in [3.05, 3.63) is 48.3 Å². The summed E-state index contributed by atoms with van der Waals surface area (Å²) in [6.07, 6.45) is 5.03. The normalized spacial score (nSPS) is 11.4. The molecule has 4 nitrogen and oxygen atoms in total. The molecule has 0 aliphatic heterocycles. The maximum Gasteiger partial charge on any atom is 0.244 e. The van der Waals surface area contributed by atoms with Crippen molar-refractivity contribution in [3.8, 4) is 0 Å². The fraction of sp³-hybridized carbons (Fsp3) is 0.125. The Bertz CT molecular complexity index is 802. The Balaban J connectivity index is 2.01. The summed E-state index contributed by atoms with van der Waals surface area (Å²) in [6.45, 7) is 2.51. The first-order chi connectivity index (χ1) is 9.78. The Morgan fingerprint density at radius 3 is 3.00 bits per heavy atom. The predicted molar refractivity (Wildman–Crippen MR) is 81.3 cm³/mol. The summed E-state index contributed by atoms with van der Waals surface area (Å²) in [5.41, 5.74) is 2.86. The van der Waals surface area contributed by atoms with Crippen LogP contribution in [0, 0.1) is 0 Å². The minimum absolute atomic E-state index is 0.103. The number of aromatic amines is 1. The number of hydrogen-bond acceptors (Lipinski definition) is 2. The highest BCUT2D eigenvalue weighted by Crippen LogP contribution is 2.25. The SMILES string of the molecule is CCNC(=O)/C=C/c1cc2c(cn1)[nH]c1ccccc12. The van der Waals surface area contributed by atoms with E-state index in [1.807, 2.05) is 31.2 Å². The number of carbonyl (C=O) groups excluding carboxylic acids is 1. The van der Waals surface area contributed by atoms with Crippen LogP contribution in [-0.2, 0) is 4.79 Å². The van der Waals surface area contributed by atoms with Crippen molar-refractivity contribution in [3.63, 3.8) is 0 Å². The van der Waals surface area contributed by atoms with Crippen molar-refractivity contribution in [2.75, 3.05) is 6.54 Å². The van der Waals surface area contributed by atoms with Gasteiger partial charge in [0.2, 0.25) is 5.91 Å². The zero-order valence-electron chi connectivity index (χ0n) is 11.2. The molecule has 3 aromatic rings. The Kier molecular flexibility index (Phi) is 3.21. The van der Waals surface area contributed by atoms with Gasteiger partial charge in [0.25, 0.3) is 0 Å². The van der Waals surface area contributed by atoms with E-state index in [4.69, 9.17) is 0 Å². The largest absolute Gasteiger partial charge is 0.353 e. The first kappa shape index (κ1) is 12.4. The number of pyridine rings is 1. The molecule has 1 amide bonds. The van der Waals surface area contributed by atoms with Gasteiger partial charge < -0.3 is 10.3 Å². The van der Waals surface area contributed by atoms with E-state index >= 15 is 0 Å². The van der Waals surface area contributed by atoms with E-state index in [-0.39, 0.29) is 5.91 Å². The van der Waals surface area contributed by atoms with Gasteiger partial charge in [-0.15, -0.1) is 0 Å². The molecule has 0 aliphatic carbocycles. The van der Waals surface area contributed by atoms with Crippen LogP contribution in [0.5, 0.6) is 0 Å². The average Bonchev–Trinajstić information content (AvgIpc) is 2.83. The number of amides is 1. The third-order valence-electron chi connectivity index (χ3n) is 3.17. The fourth-order valence-corrected chi connectivity index (χ4v) is 2.25. The summed E-state index contributed by atoms with van der Waals surface area (Å²) in [4.78, 5) is 19.1. The zero-order valence-corrected chi connectivity index (χ0v) is 11.2. The summed E-state index contributed by atoms with van der Waals surface area (Å²) in [5, 5.41) is 5.00. The molecular formula is C16H15N3O. The molecule has 3 rings (SSSR count). The lowest BCUT2D eigenvalue weighted by molar-refractivity contribution is -0.116. The quantitative estimate of drug-likeness (QED) is 0.715. The lowest BCUT2D eigenvalue weighted by Crippen LogP contribution is -2.19. The van der Waals surface area contributed by atoms with E-state index in [1.54, 1.807) is 12.3 Å². The number of nitrogens with one attached hydrogen (secondary N) is 2. The number of aromatic nitrogens is 2. The molecular weight excluding hydrogens is 250 g/mol. The second kappa shape index (κ2) is 5.17. The van der Waals surface area contributed by atoms with Gasteiger partial charge in [-0.05, 0) is 25.1 Å². The summed E-state index contributed by atoms with van der Waals surface area (Å²) in [5.74, 6) is -0.103. The molecule has 1 aromatic carbocycles. The number of hydrogen-bond donors (Lipinski definition) is 2. The van der Waals surface area contributed by atoms with E-state index < -0.39 is 0 Å². The number of likely N-dealkylation sites (N-methyl/N-ethyl adjacent to an activating group) is 1. The molecule has 0 fully saturated rings. The van der Waals surface area contributed by atoms with E-state index in [0.717, 1.165) is 27.5 Å². The maximum atomic E-state index is 11.4. The Labute approximate surface area is 116 Å². The van der Waals surface area contributed by atoms with Crippen LogP contribution in [-0.4, -0.2) is 22.4 Å². The third kappa shape index (κ3) is 2.28. The molecule has 100 valence electrons. The van der Waals surface area contributed by atoms with Crippen LogP contribution in [0.25, 0.3) is 27.9 Å². The molecule has 20 heavy (non-hydrogen) atoms. The highest BCUT2D eigenvalue weighted by Gasteiger charge is 2.04. The highest BCUT2D eigenvalue weighted by molar-refractivity contribution is 6.07. The number of carbonyl (C=O) groups is 1. The monoisotopic (exact) mass is 265 g/mol. The van der Waals surface area contributed by atoms with E-state index in [0.29, 0.717) is 6.54 Å². The van der Waals surface area contributed by atoms with Crippen molar-refractivity contribution in [1.82, 2.24) is 15.3 Å². The number of nitrogens with zero attached hydrogens (tertiary/aromatic N) is 1. The first-order valence-electron chi connectivity index (χ1n) is 6.60. The third-order valence-corrected chi connectivity index (χ3v) is 3.17. The van der Waals surface area contributed by atoms with Crippen LogP contribution in [0.4, 0.5) is 0 Å². The Morgan fingerprint density at radius 2 is 2.15 bits per heavy atom. The van der Waals surface area contributed by atoms with Crippen molar-refractivity contribution in [2.24, 2.45) is 0 Å². The lowest BCUT2D eigenvalue weighted by atomic mass is 10.1. The van der Waals surface area contributed by atoms with E-state index in [1.165, 1.54) is 6.08 Å².